The number of hydrogen-bond acceptors (Lipinski definition) is 4. The first-order valence-electron chi connectivity index (χ1n) is 6.15. The molecule has 0 saturated heterocycles. The number of nitrogen functional groups attached to an aromatic ring is 1. The van der Waals surface area contributed by atoms with Gasteiger partial charge in [-0.05, 0) is 31.7 Å². The molecule has 2 N–H and O–H groups in total. The minimum atomic E-state index is 0.567. The molecule has 5 heteroatoms. The molecular formula is C13H16N4O. The average molecular weight is 244 g/mol. The maximum Gasteiger partial charge on any atom is 0.215 e. The SMILES string of the molecule is COc1ccc(N)c(-n2cnc3c2CCCC3)n1. The van der Waals surface area contributed by atoms with E-state index in [0.717, 1.165) is 12.8 Å². The summed E-state index contributed by atoms with van der Waals surface area (Å²) in [5.74, 6) is 1.28. The summed E-state index contributed by atoms with van der Waals surface area (Å²) in [5.41, 5.74) is 9.04. The first-order chi connectivity index (χ1) is 8.79. The Kier molecular flexibility index (Phi) is 2.66. The van der Waals surface area contributed by atoms with Crippen molar-refractivity contribution in [1.29, 1.82) is 0 Å². The van der Waals surface area contributed by atoms with Gasteiger partial charge in [0.05, 0.1) is 18.5 Å². The molecule has 0 bridgehead atoms. The van der Waals surface area contributed by atoms with Gasteiger partial charge in [-0.3, -0.25) is 4.57 Å². The molecule has 3 rings (SSSR count). The van der Waals surface area contributed by atoms with Crippen LogP contribution in [0.15, 0.2) is 18.5 Å². The van der Waals surface area contributed by atoms with Crippen LogP contribution in [0, 0.1) is 0 Å². The Balaban J connectivity index is 2.11. The number of aryl methyl sites for hydroxylation is 1. The van der Waals surface area contributed by atoms with Gasteiger partial charge in [0.25, 0.3) is 0 Å². The van der Waals surface area contributed by atoms with E-state index in [2.05, 4.69) is 9.97 Å². The molecule has 1 aliphatic rings. The van der Waals surface area contributed by atoms with E-state index in [1.165, 1.54) is 24.2 Å². The number of aromatic nitrogens is 3. The minimum Gasteiger partial charge on any atom is -0.481 e. The highest BCUT2D eigenvalue weighted by Crippen LogP contribution is 2.26. The molecule has 94 valence electrons. The van der Waals surface area contributed by atoms with E-state index in [0.29, 0.717) is 17.4 Å². The summed E-state index contributed by atoms with van der Waals surface area (Å²) in [6, 6.07) is 3.58. The van der Waals surface area contributed by atoms with Crippen molar-refractivity contribution in [2.24, 2.45) is 0 Å². The van der Waals surface area contributed by atoms with Gasteiger partial charge in [0.1, 0.15) is 6.33 Å². The Labute approximate surface area is 106 Å². The lowest BCUT2D eigenvalue weighted by Gasteiger charge is -2.15. The monoisotopic (exact) mass is 244 g/mol. The molecule has 2 aromatic rings. The molecule has 0 aliphatic heterocycles. The Bertz CT molecular complexity index is 576. The normalized spacial score (nSPS) is 14.3. The Morgan fingerprint density at radius 1 is 1.28 bits per heavy atom. The number of nitrogens with two attached hydrogens (primary N) is 1. The number of methoxy groups -OCH3 is 1. The van der Waals surface area contributed by atoms with Gasteiger partial charge in [-0.15, -0.1) is 0 Å². The summed E-state index contributed by atoms with van der Waals surface area (Å²) in [6.45, 7) is 0. The molecule has 18 heavy (non-hydrogen) atoms. The molecule has 5 nitrogen and oxygen atoms in total. The number of ether oxygens (including phenoxy) is 1. The minimum absolute atomic E-state index is 0.567. The number of fused-ring (bicyclic) bond motifs is 1. The molecule has 2 heterocycles. The second-order valence-electron chi connectivity index (χ2n) is 4.48. The Morgan fingerprint density at radius 3 is 2.94 bits per heavy atom. The van der Waals surface area contributed by atoms with Gasteiger partial charge in [-0.25, -0.2) is 4.98 Å². The molecule has 0 saturated carbocycles. The van der Waals surface area contributed by atoms with Gasteiger partial charge >= 0.3 is 0 Å². The number of hydrogen-bond donors (Lipinski definition) is 1. The van der Waals surface area contributed by atoms with Gasteiger partial charge in [0, 0.05) is 11.8 Å². The summed E-state index contributed by atoms with van der Waals surface area (Å²) in [5, 5.41) is 0. The number of rotatable bonds is 2. The second kappa shape index (κ2) is 4.33. The maximum atomic E-state index is 6.00. The molecule has 1 aliphatic carbocycles. The molecule has 0 radical (unpaired) electrons. The Morgan fingerprint density at radius 2 is 2.11 bits per heavy atom. The van der Waals surface area contributed by atoms with E-state index in [-0.39, 0.29) is 0 Å². The fourth-order valence-electron chi connectivity index (χ4n) is 2.40. The average Bonchev–Trinajstić information content (AvgIpc) is 2.83. The predicted octanol–water partition coefficient (Wildman–Crippen LogP) is 1.74. The molecule has 0 unspecified atom stereocenters. The highest BCUT2D eigenvalue weighted by Gasteiger charge is 2.18. The standard InChI is InChI=1S/C13H16N4O/c1-18-12-7-6-9(14)13(16-12)17-8-15-10-4-2-3-5-11(10)17/h6-8H,2-5,14H2,1H3. The van der Waals surface area contributed by atoms with Crippen molar-refractivity contribution in [2.75, 3.05) is 12.8 Å². The van der Waals surface area contributed by atoms with Gasteiger partial charge in [0.15, 0.2) is 5.82 Å². The van der Waals surface area contributed by atoms with Crippen LogP contribution in [-0.4, -0.2) is 21.6 Å². The van der Waals surface area contributed by atoms with Crippen molar-refractivity contribution >= 4 is 5.69 Å². The summed E-state index contributed by atoms with van der Waals surface area (Å²) >= 11 is 0. The Hall–Kier alpha value is -2.04. The van der Waals surface area contributed by atoms with E-state index in [9.17, 15) is 0 Å². The van der Waals surface area contributed by atoms with Crippen molar-refractivity contribution in [3.05, 3.63) is 29.8 Å². The van der Waals surface area contributed by atoms with Crippen molar-refractivity contribution in [3.8, 4) is 11.7 Å². The highest BCUT2D eigenvalue weighted by molar-refractivity contribution is 5.55. The molecule has 0 aromatic carbocycles. The van der Waals surface area contributed by atoms with Gasteiger partial charge in [-0.1, -0.05) is 0 Å². The van der Waals surface area contributed by atoms with Crippen LogP contribution in [0.1, 0.15) is 24.2 Å². The van der Waals surface area contributed by atoms with E-state index in [1.54, 1.807) is 13.2 Å². The van der Waals surface area contributed by atoms with Crippen molar-refractivity contribution < 1.29 is 4.74 Å². The largest absolute Gasteiger partial charge is 0.481 e. The fraction of sp³-hybridized carbons (Fsp3) is 0.385. The van der Waals surface area contributed by atoms with Crippen molar-refractivity contribution in [2.45, 2.75) is 25.7 Å². The van der Waals surface area contributed by atoms with Crippen LogP contribution in [0.25, 0.3) is 5.82 Å². The zero-order valence-electron chi connectivity index (χ0n) is 10.4. The number of imidazole rings is 1. The zero-order chi connectivity index (χ0) is 12.5. The third kappa shape index (κ3) is 1.72. The van der Waals surface area contributed by atoms with Gasteiger partial charge < -0.3 is 10.5 Å². The highest BCUT2D eigenvalue weighted by atomic mass is 16.5. The molecule has 0 atom stereocenters. The van der Waals surface area contributed by atoms with Crippen LogP contribution in [0.4, 0.5) is 5.69 Å². The molecule has 0 fully saturated rings. The third-order valence-corrected chi connectivity index (χ3v) is 3.35. The van der Waals surface area contributed by atoms with E-state index < -0.39 is 0 Å². The number of anilines is 1. The molecule has 0 amide bonds. The van der Waals surface area contributed by atoms with Crippen molar-refractivity contribution in [1.82, 2.24) is 14.5 Å². The summed E-state index contributed by atoms with van der Waals surface area (Å²) in [6.07, 6.45) is 6.31. The lowest BCUT2D eigenvalue weighted by Crippen LogP contribution is -2.10. The summed E-state index contributed by atoms with van der Waals surface area (Å²) in [7, 11) is 1.60. The quantitative estimate of drug-likeness (QED) is 0.873. The molecule has 2 aromatic heterocycles. The van der Waals surface area contributed by atoms with Crippen LogP contribution in [0.3, 0.4) is 0 Å². The first kappa shape index (κ1) is 11.1. The lowest BCUT2D eigenvalue weighted by molar-refractivity contribution is 0.397. The van der Waals surface area contributed by atoms with E-state index >= 15 is 0 Å². The summed E-state index contributed by atoms with van der Waals surface area (Å²) < 4.78 is 7.14. The van der Waals surface area contributed by atoms with Crippen LogP contribution >= 0.6 is 0 Å². The predicted molar refractivity (Wildman–Crippen MR) is 69.0 cm³/mol. The molecular weight excluding hydrogens is 228 g/mol. The maximum absolute atomic E-state index is 6.00. The van der Waals surface area contributed by atoms with Crippen LogP contribution in [0.2, 0.25) is 0 Å². The number of pyridine rings is 1. The lowest BCUT2D eigenvalue weighted by atomic mass is 10.0. The molecule has 0 spiro atoms. The van der Waals surface area contributed by atoms with Crippen LogP contribution in [0.5, 0.6) is 5.88 Å². The van der Waals surface area contributed by atoms with Gasteiger partial charge in [-0.2, -0.15) is 4.98 Å². The smallest absolute Gasteiger partial charge is 0.215 e. The first-order valence-corrected chi connectivity index (χ1v) is 6.15. The third-order valence-electron chi connectivity index (χ3n) is 3.35. The summed E-state index contributed by atoms with van der Waals surface area (Å²) in [4.78, 5) is 8.87. The van der Waals surface area contributed by atoms with Gasteiger partial charge in [0.2, 0.25) is 5.88 Å². The fourth-order valence-corrected chi connectivity index (χ4v) is 2.40. The zero-order valence-corrected chi connectivity index (χ0v) is 10.4. The van der Waals surface area contributed by atoms with Crippen LogP contribution < -0.4 is 10.5 Å². The van der Waals surface area contributed by atoms with E-state index in [1.807, 2.05) is 17.0 Å². The topological polar surface area (TPSA) is 66.0 Å². The number of nitrogens with zero attached hydrogens (tertiary/aromatic N) is 3. The van der Waals surface area contributed by atoms with Crippen molar-refractivity contribution in [3.63, 3.8) is 0 Å². The second-order valence-corrected chi connectivity index (χ2v) is 4.48. The van der Waals surface area contributed by atoms with Crippen LogP contribution in [-0.2, 0) is 12.8 Å². The van der Waals surface area contributed by atoms with E-state index in [4.69, 9.17) is 10.5 Å².